The Kier molecular flexibility index (Phi) is 8.11. The minimum Gasteiger partial charge on any atom is -0.493 e. The Morgan fingerprint density at radius 3 is 2.41 bits per heavy atom. The van der Waals surface area contributed by atoms with Crippen molar-refractivity contribution < 1.29 is 14.3 Å². The number of carbonyl (C=O) groups is 1. The zero-order chi connectivity index (χ0) is 26.4. The van der Waals surface area contributed by atoms with Crippen molar-refractivity contribution in [2.24, 2.45) is 0 Å². The Hall–Kier alpha value is -4.28. The third-order valence-electron chi connectivity index (χ3n) is 5.87. The number of amides is 1. The van der Waals surface area contributed by atoms with Crippen LogP contribution in [-0.2, 0) is 4.79 Å². The van der Waals surface area contributed by atoms with Crippen LogP contribution in [0.1, 0.15) is 16.7 Å². The molecular weight excluding hydrogens is 482 g/mol. The molecule has 4 aromatic rings. The van der Waals surface area contributed by atoms with Gasteiger partial charge >= 0.3 is 0 Å². The van der Waals surface area contributed by atoms with Crippen molar-refractivity contribution in [1.82, 2.24) is 4.98 Å². The van der Waals surface area contributed by atoms with Gasteiger partial charge < -0.3 is 14.8 Å². The molecule has 0 aliphatic rings. The first-order valence-electron chi connectivity index (χ1n) is 11.7. The molecule has 6 nitrogen and oxygen atoms in total. The number of hydrogen-bond donors (Lipinski definition) is 1. The molecule has 0 aliphatic carbocycles. The average Bonchev–Trinajstić information content (AvgIpc) is 2.93. The van der Waals surface area contributed by atoms with Gasteiger partial charge in [-0.25, -0.2) is 4.98 Å². The Bertz CT molecular complexity index is 1480. The van der Waals surface area contributed by atoms with Gasteiger partial charge in [-0.1, -0.05) is 60.3 Å². The fraction of sp³-hybridized carbons (Fsp3) is 0.167. The first-order chi connectivity index (χ1) is 17.9. The maximum absolute atomic E-state index is 12.8. The molecule has 0 atom stereocenters. The van der Waals surface area contributed by atoms with Crippen molar-refractivity contribution in [2.45, 2.75) is 18.9 Å². The Balaban J connectivity index is 1.73. The Morgan fingerprint density at radius 1 is 0.946 bits per heavy atom. The smallest absolute Gasteiger partial charge is 0.234 e. The summed E-state index contributed by atoms with van der Waals surface area (Å²) in [5.41, 5.74) is 6.35. The standard InChI is InChI=1S/C30H27N3O3S/c1-19-10-11-20(2)25(14-19)32-29(34)18-37-30-24(17-31)23(16-26(33-30)21-8-6-5-7-9-21)22-12-13-27(35-3)28(15-22)36-4/h5-16H,18H2,1-4H3,(H,32,34). The highest BCUT2D eigenvalue weighted by Gasteiger charge is 2.18. The molecule has 0 saturated heterocycles. The largest absolute Gasteiger partial charge is 0.493 e. The van der Waals surface area contributed by atoms with Gasteiger partial charge in [-0.2, -0.15) is 5.26 Å². The number of thioether (sulfide) groups is 1. The van der Waals surface area contributed by atoms with E-state index in [0.717, 1.165) is 27.9 Å². The highest BCUT2D eigenvalue weighted by molar-refractivity contribution is 8.00. The van der Waals surface area contributed by atoms with E-state index in [-0.39, 0.29) is 11.7 Å². The maximum Gasteiger partial charge on any atom is 0.234 e. The van der Waals surface area contributed by atoms with E-state index in [2.05, 4.69) is 11.4 Å². The lowest BCUT2D eigenvalue weighted by Gasteiger charge is -2.15. The number of aryl methyl sites for hydroxylation is 2. The van der Waals surface area contributed by atoms with Gasteiger partial charge in [0, 0.05) is 16.8 Å². The number of methoxy groups -OCH3 is 2. The van der Waals surface area contributed by atoms with Crippen molar-refractivity contribution in [2.75, 3.05) is 25.3 Å². The summed E-state index contributed by atoms with van der Waals surface area (Å²) in [7, 11) is 3.15. The second-order valence-corrected chi connectivity index (χ2v) is 9.40. The number of carbonyl (C=O) groups excluding carboxylic acids is 1. The molecule has 3 aromatic carbocycles. The van der Waals surface area contributed by atoms with E-state index < -0.39 is 0 Å². The van der Waals surface area contributed by atoms with E-state index in [1.54, 1.807) is 14.2 Å². The minimum absolute atomic E-state index is 0.110. The van der Waals surface area contributed by atoms with Gasteiger partial charge in [-0.05, 0) is 54.8 Å². The molecule has 0 radical (unpaired) electrons. The van der Waals surface area contributed by atoms with Crippen LogP contribution in [0, 0.1) is 25.2 Å². The third kappa shape index (κ3) is 5.93. The molecule has 1 amide bonds. The van der Waals surface area contributed by atoms with Crippen molar-refractivity contribution in [3.63, 3.8) is 0 Å². The van der Waals surface area contributed by atoms with E-state index in [4.69, 9.17) is 14.5 Å². The summed E-state index contributed by atoms with van der Waals surface area (Å²) in [6.07, 6.45) is 0. The van der Waals surface area contributed by atoms with Gasteiger partial charge in [0.05, 0.1) is 31.2 Å². The van der Waals surface area contributed by atoms with Crippen molar-refractivity contribution in [3.8, 4) is 40.0 Å². The van der Waals surface area contributed by atoms with Crippen LogP contribution in [0.2, 0.25) is 0 Å². The average molecular weight is 510 g/mol. The number of nitriles is 1. The van der Waals surface area contributed by atoms with Crippen LogP contribution in [0.4, 0.5) is 5.69 Å². The normalized spacial score (nSPS) is 10.5. The predicted molar refractivity (Wildman–Crippen MR) is 148 cm³/mol. The van der Waals surface area contributed by atoms with Crippen LogP contribution in [0.25, 0.3) is 22.4 Å². The molecular formula is C30H27N3O3S. The number of pyridine rings is 1. The Labute approximate surface area is 221 Å². The van der Waals surface area contributed by atoms with Gasteiger partial charge in [0.15, 0.2) is 11.5 Å². The number of aromatic nitrogens is 1. The number of nitrogens with zero attached hydrogens (tertiary/aromatic N) is 2. The number of ether oxygens (including phenoxy) is 2. The van der Waals surface area contributed by atoms with Crippen LogP contribution in [-0.4, -0.2) is 30.9 Å². The number of benzene rings is 3. The number of nitrogens with one attached hydrogen (secondary N) is 1. The molecule has 186 valence electrons. The van der Waals surface area contributed by atoms with E-state index in [9.17, 15) is 10.1 Å². The lowest BCUT2D eigenvalue weighted by Crippen LogP contribution is -2.15. The molecule has 0 saturated carbocycles. The van der Waals surface area contributed by atoms with E-state index >= 15 is 0 Å². The molecule has 1 N–H and O–H groups in total. The molecule has 37 heavy (non-hydrogen) atoms. The monoisotopic (exact) mass is 509 g/mol. The molecule has 1 heterocycles. The Morgan fingerprint density at radius 2 is 1.70 bits per heavy atom. The molecule has 0 aliphatic heterocycles. The number of anilines is 1. The zero-order valence-corrected chi connectivity index (χ0v) is 22.0. The third-order valence-corrected chi connectivity index (χ3v) is 6.84. The molecule has 4 rings (SSSR count). The fourth-order valence-corrected chi connectivity index (χ4v) is 4.72. The molecule has 7 heteroatoms. The first-order valence-corrected chi connectivity index (χ1v) is 12.6. The van der Waals surface area contributed by atoms with Crippen molar-refractivity contribution >= 4 is 23.4 Å². The van der Waals surface area contributed by atoms with Crippen LogP contribution in [0.15, 0.2) is 77.8 Å². The zero-order valence-electron chi connectivity index (χ0n) is 21.2. The van der Waals surface area contributed by atoms with Crippen molar-refractivity contribution in [3.05, 3.63) is 89.5 Å². The van der Waals surface area contributed by atoms with Crippen LogP contribution >= 0.6 is 11.8 Å². The fourth-order valence-electron chi connectivity index (χ4n) is 3.91. The van der Waals surface area contributed by atoms with E-state index in [0.29, 0.717) is 33.3 Å². The maximum atomic E-state index is 12.8. The topological polar surface area (TPSA) is 84.2 Å². The molecule has 0 spiro atoms. The molecule has 0 fully saturated rings. The molecule has 1 aromatic heterocycles. The first kappa shape index (κ1) is 25.8. The summed E-state index contributed by atoms with van der Waals surface area (Å²) in [5, 5.41) is 13.6. The highest BCUT2D eigenvalue weighted by atomic mass is 32.2. The van der Waals surface area contributed by atoms with Gasteiger partial charge in [0.25, 0.3) is 0 Å². The van der Waals surface area contributed by atoms with Crippen LogP contribution < -0.4 is 14.8 Å². The van der Waals surface area contributed by atoms with Crippen molar-refractivity contribution in [1.29, 1.82) is 5.26 Å². The lowest BCUT2D eigenvalue weighted by atomic mass is 9.99. The summed E-state index contributed by atoms with van der Waals surface area (Å²) in [4.78, 5) is 17.6. The summed E-state index contributed by atoms with van der Waals surface area (Å²) in [6, 6.07) is 25.4. The second kappa shape index (κ2) is 11.6. The summed E-state index contributed by atoms with van der Waals surface area (Å²) in [6.45, 7) is 3.94. The highest BCUT2D eigenvalue weighted by Crippen LogP contribution is 2.38. The van der Waals surface area contributed by atoms with E-state index in [1.165, 1.54) is 11.8 Å². The van der Waals surface area contributed by atoms with E-state index in [1.807, 2.05) is 86.6 Å². The second-order valence-electron chi connectivity index (χ2n) is 8.44. The SMILES string of the molecule is COc1ccc(-c2cc(-c3ccccc3)nc(SCC(=O)Nc3cc(C)ccc3C)c2C#N)cc1OC. The van der Waals surface area contributed by atoms with Gasteiger partial charge in [-0.15, -0.1) is 0 Å². The quantitative estimate of drug-likeness (QED) is 0.268. The predicted octanol–water partition coefficient (Wildman–Crippen LogP) is 6.65. The minimum atomic E-state index is -0.165. The lowest BCUT2D eigenvalue weighted by molar-refractivity contribution is -0.113. The number of rotatable bonds is 8. The van der Waals surface area contributed by atoms with Gasteiger partial charge in [0.1, 0.15) is 11.1 Å². The summed E-state index contributed by atoms with van der Waals surface area (Å²) in [5.74, 6) is 1.10. The van der Waals surface area contributed by atoms with Crippen LogP contribution in [0.5, 0.6) is 11.5 Å². The number of hydrogen-bond acceptors (Lipinski definition) is 6. The summed E-state index contributed by atoms with van der Waals surface area (Å²) < 4.78 is 10.9. The van der Waals surface area contributed by atoms with Crippen LogP contribution in [0.3, 0.4) is 0 Å². The molecule has 0 unspecified atom stereocenters. The van der Waals surface area contributed by atoms with Gasteiger partial charge in [0.2, 0.25) is 5.91 Å². The summed E-state index contributed by atoms with van der Waals surface area (Å²) >= 11 is 1.24. The molecule has 0 bridgehead atoms. The van der Waals surface area contributed by atoms with Gasteiger partial charge in [-0.3, -0.25) is 4.79 Å².